The third-order valence-corrected chi connectivity index (χ3v) is 17.3. The van der Waals surface area contributed by atoms with Gasteiger partial charge in [-0.3, -0.25) is 19.2 Å². The predicted molar refractivity (Wildman–Crippen MR) is 354 cm³/mol. The van der Waals surface area contributed by atoms with Crippen LogP contribution in [0.1, 0.15) is 413 Å². The molecule has 0 unspecified atom stereocenters. The van der Waals surface area contributed by atoms with Crippen LogP contribution < -0.4 is 0 Å². The monoisotopic (exact) mass is 1150 g/mol. The van der Waals surface area contributed by atoms with Crippen molar-refractivity contribution in [3.8, 4) is 0 Å². The summed E-state index contributed by atoms with van der Waals surface area (Å²) in [4.78, 5) is 57.2. The molecule has 7 heteroatoms. The van der Waals surface area contributed by atoms with E-state index in [0.29, 0.717) is 25.7 Å². The molecule has 0 saturated carbocycles. The predicted octanol–water partition coefficient (Wildman–Crippen LogP) is 23.9. The Labute approximate surface area is 510 Å². The van der Waals surface area contributed by atoms with E-state index >= 15 is 0 Å². The summed E-state index contributed by atoms with van der Waals surface area (Å²) in [5, 5.41) is 11.0. The number of Topliss-reactive ketones (excluding diaryl/α,β-unsaturated/α-hetero) is 2. The molecule has 0 aromatic heterocycles. The molecule has 0 rings (SSSR count). The number of aliphatic hydroxyl groups excluding tert-OH is 1. The zero-order valence-electron chi connectivity index (χ0n) is 55.4. The van der Waals surface area contributed by atoms with E-state index in [-0.39, 0.29) is 25.7 Å². The second-order valence-electron chi connectivity index (χ2n) is 25.3. The van der Waals surface area contributed by atoms with E-state index in [0.717, 1.165) is 77.0 Å². The van der Waals surface area contributed by atoms with Gasteiger partial charge in [0.25, 0.3) is 5.60 Å². The number of hydrogen-bond acceptors (Lipinski definition) is 7. The minimum Gasteiger partial charge on any atom is -0.455 e. The van der Waals surface area contributed by atoms with E-state index < -0.39 is 41.8 Å². The summed E-state index contributed by atoms with van der Waals surface area (Å²) in [5.41, 5.74) is -2.34. The van der Waals surface area contributed by atoms with Crippen molar-refractivity contribution in [2.24, 2.45) is 0 Å². The quantitative estimate of drug-likeness (QED) is 0.0280. The Morgan fingerprint density at radius 2 is 0.500 bits per heavy atom. The van der Waals surface area contributed by atoms with Crippen LogP contribution in [0.5, 0.6) is 0 Å². The molecule has 0 radical (unpaired) electrons. The van der Waals surface area contributed by atoms with E-state index in [4.69, 9.17) is 9.47 Å². The molecule has 0 aliphatic rings. The van der Waals surface area contributed by atoms with Crippen LogP contribution in [0.4, 0.5) is 0 Å². The van der Waals surface area contributed by atoms with Crippen molar-refractivity contribution < 1.29 is 33.8 Å². The van der Waals surface area contributed by atoms with Gasteiger partial charge in [-0.25, -0.2) is 0 Å². The number of allylic oxidation sites excluding steroid dienone is 4. The first-order valence-corrected chi connectivity index (χ1v) is 36.7. The van der Waals surface area contributed by atoms with Crippen molar-refractivity contribution in [2.75, 3.05) is 6.61 Å². The molecule has 1 atom stereocenters. The summed E-state index contributed by atoms with van der Waals surface area (Å²) in [6.45, 7) is 8.27. The summed E-state index contributed by atoms with van der Waals surface area (Å²) in [6, 6.07) is 0. The maximum absolute atomic E-state index is 14.8. The first-order valence-electron chi connectivity index (χ1n) is 36.7. The number of carbonyl (C=O) groups excluding carboxylic acids is 4. The minimum atomic E-state index is -2.34. The van der Waals surface area contributed by atoms with Gasteiger partial charge in [-0.15, -0.1) is 0 Å². The van der Waals surface area contributed by atoms with Gasteiger partial charge in [0.05, 0.1) is 6.61 Å². The highest BCUT2D eigenvalue weighted by Crippen LogP contribution is 2.30. The number of esters is 2. The van der Waals surface area contributed by atoms with Gasteiger partial charge in [0.1, 0.15) is 0 Å². The number of ether oxygens (including phenoxy) is 2. The van der Waals surface area contributed by atoms with Crippen molar-refractivity contribution in [2.45, 2.75) is 425 Å². The summed E-state index contributed by atoms with van der Waals surface area (Å²) >= 11 is 0. The molecule has 482 valence electrons. The third-order valence-electron chi connectivity index (χ3n) is 17.3. The van der Waals surface area contributed by atoms with Crippen LogP contribution >= 0.6 is 0 Å². The number of aliphatic hydroxyl groups is 1. The zero-order chi connectivity index (χ0) is 59.8. The Bertz CT molecular complexity index is 1370. The highest BCUT2D eigenvalue weighted by molar-refractivity contribution is 6.12. The highest BCUT2D eigenvalue weighted by Gasteiger charge is 2.56. The smallest absolute Gasteiger partial charge is 0.307 e. The SMILES string of the molecule is CCCCCCCC/C=C\CCCCCCCCCCCC(=O)C(OC(=O)CCCCCCCCCCCCC)(C(=O)CCCCCCCCCCC/C=C\CCCCCCCC)[C@H](CO)OC(=O)CCCCCCCCCCCCC. The Morgan fingerprint density at radius 1 is 0.293 bits per heavy atom. The van der Waals surface area contributed by atoms with E-state index in [1.54, 1.807) is 0 Å². The zero-order valence-corrected chi connectivity index (χ0v) is 55.4. The van der Waals surface area contributed by atoms with Crippen molar-refractivity contribution in [1.82, 2.24) is 0 Å². The lowest BCUT2D eigenvalue weighted by molar-refractivity contribution is -0.196. The number of carbonyl (C=O) groups is 4. The molecule has 0 bridgehead atoms. The minimum absolute atomic E-state index is 0.0337. The second kappa shape index (κ2) is 64.7. The molecule has 0 saturated heterocycles. The highest BCUT2D eigenvalue weighted by atomic mass is 16.6. The average molecular weight is 1150 g/mol. The van der Waals surface area contributed by atoms with E-state index in [9.17, 15) is 24.3 Å². The molecule has 82 heavy (non-hydrogen) atoms. The van der Waals surface area contributed by atoms with Gasteiger partial charge >= 0.3 is 11.9 Å². The molecule has 1 N–H and O–H groups in total. The molecule has 0 aromatic rings. The maximum Gasteiger partial charge on any atom is 0.307 e. The maximum atomic E-state index is 14.8. The van der Waals surface area contributed by atoms with Crippen LogP contribution in [0.25, 0.3) is 0 Å². The first kappa shape index (κ1) is 79.7. The van der Waals surface area contributed by atoms with Crippen LogP contribution in [0.3, 0.4) is 0 Å². The summed E-state index contributed by atoms with van der Waals surface area (Å²) in [5.74, 6) is -2.23. The lowest BCUT2D eigenvalue weighted by Gasteiger charge is -2.36. The fourth-order valence-corrected chi connectivity index (χ4v) is 11.8. The first-order chi connectivity index (χ1) is 40.3. The standard InChI is InChI=1S/C75H140O7/c1-5-9-13-17-21-25-29-31-33-35-37-39-41-43-47-49-53-57-61-65-70(77)75(82-74(80)68-64-60-56-52-46-28-24-20-16-12-8-4,72(69-76)81-73(79)67-63-59-55-51-45-27-23-19-15-11-7-3)71(78)66-62-58-54-50-48-44-42-40-38-36-34-32-30-26-22-18-14-10-6-2/h31-34,72,76H,5-30,35-69H2,1-4H3/b33-31-,34-32-/t72-/m0/s1. The van der Waals surface area contributed by atoms with Gasteiger partial charge in [-0.05, 0) is 77.0 Å². The molecule has 0 amide bonds. The molecule has 0 heterocycles. The second-order valence-corrected chi connectivity index (χ2v) is 25.3. The van der Waals surface area contributed by atoms with Gasteiger partial charge in [-0.1, -0.05) is 335 Å². The molecule has 0 fully saturated rings. The van der Waals surface area contributed by atoms with Gasteiger partial charge in [0, 0.05) is 25.7 Å². The Morgan fingerprint density at radius 3 is 0.744 bits per heavy atom. The number of hydrogen-bond donors (Lipinski definition) is 1. The Kier molecular flexibility index (Phi) is 62.9. The molecule has 0 aromatic carbocycles. The van der Waals surface area contributed by atoms with Crippen molar-refractivity contribution in [1.29, 1.82) is 0 Å². The van der Waals surface area contributed by atoms with Gasteiger partial charge in [-0.2, -0.15) is 0 Å². The van der Waals surface area contributed by atoms with Crippen molar-refractivity contribution >= 4 is 23.5 Å². The van der Waals surface area contributed by atoms with Crippen LogP contribution in [-0.4, -0.2) is 46.9 Å². The molecule has 0 spiro atoms. The van der Waals surface area contributed by atoms with E-state index in [1.807, 2.05) is 0 Å². The Balaban J connectivity index is 5.64. The number of unbranched alkanes of at least 4 members (excludes halogenated alkanes) is 50. The third kappa shape index (κ3) is 51.0. The molecular weight excluding hydrogens is 1010 g/mol. The van der Waals surface area contributed by atoms with Crippen LogP contribution in [0, 0.1) is 0 Å². The summed E-state index contributed by atoms with van der Waals surface area (Å²) in [7, 11) is 0. The van der Waals surface area contributed by atoms with Crippen LogP contribution in [-0.2, 0) is 28.7 Å². The normalized spacial score (nSPS) is 12.3. The molecule has 0 aliphatic heterocycles. The van der Waals surface area contributed by atoms with Gasteiger partial charge in [0.15, 0.2) is 17.7 Å². The lowest BCUT2D eigenvalue weighted by atomic mass is 9.82. The summed E-state index contributed by atoms with van der Waals surface area (Å²) < 4.78 is 12.2. The fraction of sp³-hybridized carbons (Fsp3) is 0.893. The van der Waals surface area contributed by atoms with Gasteiger partial charge in [0.2, 0.25) is 0 Å². The number of rotatable bonds is 68. The molecular formula is C75H140O7. The fourth-order valence-electron chi connectivity index (χ4n) is 11.8. The van der Waals surface area contributed by atoms with Crippen LogP contribution in [0.2, 0.25) is 0 Å². The van der Waals surface area contributed by atoms with E-state index in [2.05, 4.69) is 52.0 Å². The number of ketones is 2. The average Bonchev–Trinajstić information content (AvgIpc) is 3.54. The topological polar surface area (TPSA) is 107 Å². The van der Waals surface area contributed by atoms with Gasteiger partial charge < -0.3 is 14.6 Å². The van der Waals surface area contributed by atoms with Crippen molar-refractivity contribution in [3.05, 3.63) is 24.3 Å². The van der Waals surface area contributed by atoms with Crippen LogP contribution in [0.15, 0.2) is 24.3 Å². The lowest BCUT2D eigenvalue weighted by Crippen LogP contribution is -2.61. The Hall–Kier alpha value is -2.28. The van der Waals surface area contributed by atoms with E-state index in [1.165, 1.54) is 257 Å². The largest absolute Gasteiger partial charge is 0.455 e. The van der Waals surface area contributed by atoms with Crippen molar-refractivity contribution in [3.63, 3.8) is 0 Å². The molecule has 7 nitrogen and oxygen atoms in total. The summed E-state index contributed by atoms with van der Waals surface area (Å²) in [6.07, 6.45) is 73.6. The molecule has 0 aliphatic carbocycles.